The summed E-state index contributed by atoms with van der Waals surface area (Å²) >= 11 is 0. The number of aromatic amines is 1. The van der Waals surface area contributed by atoms with Gasteiger partial charge < -0.3 is 44.2 Å². The average Bonchev–Trinajstić information content (AvgIpc) is 3.43. The maximum Gasteiger partial charge on any atom is 0.303 e. The minimum atomic E-state index is -1.47. The SMILES string of the molecule is CC(=O)OC[C@H]1O[C@@H](Oc2n[nH]c(C(C)C)c2Cc2ccc(OCC(C)(C)C(=O)NC(C)(C)C(N)=O)cc2)[C@H](OC(C)=O)[C@@H](OC(C)=O)[C@@H]1OC(C)=O. The van der Waals surface area contributed by atoms with Gasteiger partial charge in [0.1, 0.15) is 30.6 Å². The van der Waals surface area contributed by atoms with Gasteiger partial charge in [-0.05, 0) is 51.3 Å². The molecule has 1 aliphatic heterocycles. The summed E-state index contributed by atoms with van der Waals surface area (Å²) in [5, 5.41) is 10.0. The Morgan fingerprint density at radius 3 is 1.96 bits per heavy atom. The van der Waals surface area contributed by atoms with E-state index in [1.165, 1.54) is 20.8 Å². The van der Waals surface area contributed by atoms with Crippen molar-refractivity contribution in [1.29, 1.82) is 0 Å². The number of carbonyl (C=O) groups is 6. The van der Waals surface area contributed by atoms with Gasteiger partial charge in [0, 0.05) is 45.4 Å². The van der Waals surface area contributed by atoms with E-state index in [1.54, 1.807) is 26.0 Å². The molecule has 4 N–H and O–H groups in total. The molecule has 0 bridgehead atoms. The van der Waals surface area contributed by atoms with Gasteiger partial charge in [-0.3, -0.25) is 33.9 Å². The van der Waals surface area contributed by atoms with E-state index in [2.05, 4.69) is 15.5 Å². The monoisotopic (exact) mass is 746 g/mol. The van der Waals surface area contributed by atoms with Crippen LogP contribution in [0.25, 0.3) is 0 Å². The number of aromatic nitrogens is 2. The summed E-state index contributed by atoms with van der Waals surface area (Å²) in [5.41, 5.74) is 5.37. The number of hydrogen-bond donors (Lipinski definition) is 3. The number of nitrogens with zero attached hydrogens (tertiary/aromatic N) is 1. The Morgan fingerprint density at radius 2 is 1.43 bits per heavy atom. The number of H-pyrrole nitrogens is 1. The van der Waals surface area contributed by atoms with Crippen molar-refractivity contribution < 1.29 is 61.9 Å². The van der Waals surface area contributed by atoms with Gasteiger partial charge in [0.2, 0.25) is 30.1 Å². The van der Waals surface area contributed by atoms with Crippen molar-refractivity contribution in [1.82, 2.24) is 15.5 Å². The molecule has 2 aromatic rings. The van der Waals surface area contributed by atoms with Crippen LogP contribution >= 0.6 is 0 Å². The highest BCUT2D eigenvalue weighted by Gasteiger charge is 2.53. The molecule has 0 radical (unpaired) electrons. The molecule has 0 unspecified atom stereocenters. The predicted octanol–water partition coefficient (Wildman–Crippen LogP) is 2.37. The zero-order valence-electron chi connectivity index (χ0n) is 31.7. The molecule has 1 saturated heterocycles. The van der Waals surface area contributed by atoms with Gasteiger partial charge in [-0.25, -0.2) is 0 Å². The van der Waals surface area contributed by atoms with Crippen LogP contribution < -0.4 is 20.5 Å². The van der Waals surface area contributed by atoms with E-state index in [9.17, 15) is 28.8 Å². The Hall–Kier alpha value is -5.19. The number of nitrogens with two attached hydrogens (primary N) is 1. The molecular weight excluding hydrogens is 696 g/mol. The minimum absolute atomic E-state index is 0.0141. The van der Waals surface area contributed by atoms with Gasteiger partial charge in [-0.2, -0.15) is 0 Å². The first-order chi connectivity index (χ1) is 24.6. The smallest absolute Gasteiger partial charge is 0.303 e. The summed E-state index contributed by atoms with van der Waals surface area (Å²) in [6.07, 6.45) is -6.55. The molecule has 0 saturated carbocycles. The molecule has 5 atom stereocenters. The van der Waals surface area contributed by atoms with E-state index < -0.39 is 84.0 Å². The van der Waals surface area contributed by atoms with Crippen LogP contribution in [0.5, 0.6) is 11.6 Å². The number of carbonyl (C=O) groups excluding carboxylic acids is 6. The molecule has 292 valence electrons. The maximum absolute atomic E-state index is 12.9. The van der Waals surface area contributed by atoms with Crippen LogP contribution in [0.15, 0.2) is 24.3 Å². The molecule has 1 aliphatic rings. The zero-order chi connectivity index (χ0) is 39.8. The van der Waals surface area contributed by atoms with Crippen molar-refractivity contribution in [3.63, 3.8) is 0 Å². The zero-order valence-corrected chi connectivity index (χ0v) is 31.7. The fourth-order valence-electron chi connectivity index (χ4n) is 5.25. The Balaban J connectivity index is 1.90. The molecule has 17 nitrogen and oxygen atoms in total. The average molecular weight is 747 g/mol. The van der Waals surface area contributed by atoms with Crippen molar-refractivity contribution >= 4 is 35.7 Å². The molecule has 2 amide bonds. The molecule has 0 aliphatic carbocycles. The Kier molecular flexibility index (Phi) is 14.0. The Labute approximate surface area is 307 Å². The number of ether oxygens (including phenoxy) is 7. The van der Waals surface area contributed by atoms with E-state index in [0.717, 1.165) is 32.0 Å². The van der Waals surface area contributed by atoms with Crippen molar-refractivity contribution in [3.05, 3.63) is 41.1 Å². The highest BCUT2D eigenvalue weighted by Crippen LogP contribution is 2.34. The fourth-order valence-corrected chi connectivity index (χ4v) is 5.25. The highest BCUT2D eigenvalue weighted by molar-refractivity contribution is 5.91. The second-order valence-corrected chi connectivity index (χ2v) is 14.2. The Bertz CT molecular complexity index is 1650. The second-order valence-electron chi connectivity index (χ2n) is 14.2. The molecule has 17 heteroatoms. The molecule has 2 heterocycles. The lowest BCUT2D eigenvalue weighted by molar-refractivity contribution is -0.289. The predicted molar refractivity (Wildman–Crippen MR) is 185 cm³/mol. The van der Waals surface area contributed by atoms with Gasteiger partial charge in [-0.15, -0.1) is 5.10 Å². The second kappa shape index (κ2) is 17.6. The largest absolute Gasteiger partial charge is 0.492 e. The van der Waals surface area contributed by atoms with E-state index >= 15 is 0 Å². The first kappa shape index (κ1) is 42.2. The first-order valence-corrected chi connectivity index (χ1v) is 17.0. The highest BCUT2D eigenvalue weighted by atomic mass is 16.7. The van der Waals surface area contributed by atoms with Gasteiger partial charge >= 0.3 is 23.9 Å². The van der Waals surface area contributed by atoms with Crippen LogP contribution in [0.1, 0.15) is 92.0 Å². The van der Waals surface area contributed by atoms with Gasteiger partial charge in [-0.1, -0.05) is 26.0 Å². The number of primary amides is 1. The third kappa shape index (κ3) is 11.7. The van der Waals surface area contributed by atoms with Crippen molar-refractivity contribution in [2.24, 2.45) is 11.1 Å². The van der Waals surface area contributed by atoms with E-state index in [4.69, 9.17) is 38.9 Å². The number of amides is 2. The fraction of sp³-hybridized carbons (Fsp3) is 0.583. The van der Waals surface area contributed by atoms with Gasteiger partial charge in [0.15, 0.2) is 12.2 Å². The van der Waals surface area contributed by atoms with Crippen LogP contribution in [-0.2, 0) is 58.9 Å². The summed E-state index contributed by atoms with van der Waals surface area (Å²) in [6, 6.07) is 7.14. The van der Waals surface area contributed by atoms with E-state index in [-0.39, 0.29) is 18.4 Å². The molecule has 1 aromatic heterocycles. The van der Waals surface area contributed by atoms with Crippen LogP contribution in [-0.4, -0.2) is 95.3 Å². The molecule has 0 spiro atoms. The topological polar surface area (TPSA) is 234 Å². The molecular formula is C36H50N4O13. The van der Waals surface area contributed by atoms with E-state index in [0.29, 0.717) is 17.7 Å². The maximum atomic E-state index is 12.9. The quantitative estimate of drug-likeness (QED) is 0.165. The number of rotatable bonds is 16. The summed E-state index contributed by atoms with van der Waals surface area (Å²) < 4.78 is 39.9. The van der Waals surface area contributed by atoms with Crippen molar-refractivity contribution in [2.45, 2.75) is 118 Å². The number of esters is 4. The number of nitrogens with one attached hydrogen (secondary N) is 2. The van der Waals surface area contributed by atoms with Crippen LogP contribution in [0.3, 0.4) is 0 Å². The third-order valence-electron chi connectivity index (χ3n) is 8.18. The normalized spacial score (nSPS) is 20.2. The van der Waals surface area contributed by atoms with Gasteiger partial charge in [0.25, 0.3) is 0 Å². The summed E-state index contributed by atoms with van der Waals surface area (Å²) in [7, 11) is 0. The lowest BCUT2D eigenvalue weighted by Gasteiger charge is -2.43. The Morgan fingerprint density at radius 1 is 0.868 bits per heavy atom. The number of hydrogen-bond acceptors (Lipinski definition) is 14. The lowest BCUT2D eigenvalue weighted by atomic mass is 9.91. The molecule has 53 heavy (non-hydrogen) atoms. The molecule has 1 aromatic carbocycles. The van der Waals surface area contributed by atoms with Crippen LogP contribution in [0.4, 0.5) is 0 Å². The summed E-state index contributed by atoms with van der Waals surface area (Å²) in [5.74, 6) is -3.47. The summed E-state index contributed by atoms with van der Waals surface area (Å²) in [4.78, 5) is 72.9. The van der Waals surface area contributed by atoms with Crippen LogP contribution in [0.2, 0.25) is 0 Å². The molecule has 1 fully saturated rings. The standard InChI is InChI=1S/C36H50N4O13/c1-18(2)27-25(15-23-11-13-24(14-12-23)48-17-35(7,8)34(46)38-36(9,10)33(37)45)31(40-39-27)53-32-30(51-22(6)44)29(50-21(5)43)28(49-20(4)42)26(52-32)16-47-19(3)41/h11-14,18,26,28-30,32H,15-17H2,1-10H3,(H2,37,45)(H,38,46)(H,39,40)/t26-,28-,29+,30-,32+/m1/s1. The first-order valence-electron chi connectivity index (χ1n) is 17.0. The minimum Gasteiger partial charge on any atom is -0.492 e. The van der Waals surface area contributed by atoms with Crippen molar-refractivity contribution in [3.8, 4) is 11.6 Å². The molecule has 3 rings (SSSR count). The van der Waals surface area contributed by atoms with Gasteiger partial charge in [0.05, 0.1) is 5.41 Å². The lowest BCUT2D eigenvalue weighted by Crippen LogP contribution is -2.63. The third-order valence-corrected chi connectivity index (χ3v) is 8.18. The summed E-state index contributed by atoms with van der Waals surface area (Å²) in [6.45, 7) is 14.5. The van der Waals surface area contributed by atoms with Crippen LogP contribution in [0, 0.1) is 5.41 Å². The van der Waals surface area contributed by atoms with E-state index in [1.807, 2.05) is 26.0 Å². The number of benzene rings is 1. The van der Waals surface area contributed by atoms with Crippen molar-refractivity contribution in [2.75, 3.05) is 13.2 Å².